The first-order valence-corrected chi connectivity index (χ1v) is 8.29. The van der Waals surface area contributed by atoms with Crippen LogP contribution in [0.5, 0.6) is 0 Å². The Balaban J connectivity index is 1.84. The Morgan fingerprint density at radius 3 is 2.41 bits per heavy atom. The first kappa shape index (κ1) is 19.2. The van der Waals surface area contributed by atoms with Crippen LogP contribution in [0.4, 0.5) is 27.6 Å². The molecule has 3 rings (SSSR count). The van der Waals surface area contributed by atoms with E-state index in [-0.39, 0.29) is 17.2 Å². The maximum absolute atomic E-state index is 13.8. The summed E-state index contributed by atoms with van der Waals surface area (Å²) in [6.45, 7) is 0.244. The van der Waals surface area contributed by atoms with Crippen molar-refractivity contribution >= 4 is 28.8 Å². The molecule has 2 aromatic carbocycles. The van der Waals surface area contributed by atoms with Gasteiger partial charge in [-0.05, 0) is 29.8 Å². The standard InChI is InChI=1S/C18H13F5N2OS/c19-12-2-1-3-13(15(12)20)25-16(26)14-11(8-24-17(14)27)9-4-6-10(7-5-9)18(21,22)23/h1-7,11,14H,8H2,(H,24,27)(H,25,26). The van der Waals surface area contributed by atoms with Crippen LogP contribution in [0, 0.1) is 17.6 Å². The number of amides is 1. The molecule has 1 aliphatic heterocycles. The minimum atomic E-state index is -4.46. The average Bonchev–Trinajstić information content (AvgIpc) is 3.00. The summed E-state index contributed by atoms with van der Waals surface area (Å²) in [4.78, 5) is 12.8. The fourth-order valence-electron chi connectivity index (χ4n) is 2.96. The van der Waals surface area contributed by atoms with Crippen molar-refractivity contribution in [1.29, 1.82) is 0 Å². The number of hydrogen-bond acceptors (Lipinski definition) is 2. The Morgan fingerprint density at radius 1 is 1.11 bits per heavy atom. The van der Waals surface area contributed by atoms with E-state index in [1.165, 1.54) is 24.3 Å². The zero-order valence-corrected chi connectivity index (χ0v) is 14.4. The molecule has 0 spiro atoms. The van der Waals surface area contributed by atoms with Gasteiger partial charge in [0.25, 0.3) is 0 Å². The molecule has 0 saturated carbocycles. The fraction of sp³-hybridized carbons (Fsp3) is 0.222. The zero-order chi connectivity index (χ0) is 19.8. The van der Waals surface area contributed by atoms with Crippen LogP contribution in [0.25, 0.3) is 0 Å². The third-order valence-corrected chi connectivity index (χ3v) is 4.74. The smallest absolute Gasteiger partial charge is 0.378 e. The molecule has 2 N–H and O–H groups in total. The molecule has 9 heteroatoms. The molecule has 3 nitrogen and oxygen atoms in total. The summed E-state index contributed by atoms with van der Waals surface area (Å²) in [5.41, 5.74) is -0.654. The number of thiocarbonyl (C=S) groups is 1. The van der Waals surface area contributed by atoms with Crippen molar-refractivity contribution in [3.8, 4) is 0 Å². The number of nitrogens with one attached hydrogen (secondary N) is 2. The summed E-state index contributed by atoms with van der Waals surface area (Å²) in [6, 6.07) is 7.79. The van der Waals surface area contributed by atoms with Gasteiger partial charge in [-0.25, -0.2) is 8.78 Å². The highest BCUT2D eigenvalue weighted by molar-refractivity contribution is 7.80. The highest BCUT2D eigenvalue weighted by Gasteiger charge is 2.39. The zero-order valence-electron chi connectivity index (χ0n) is 13.6. The van der Waals surface area contributed by atoms with Gasteiger partial charge in [0.15, 0.2) is 11.6 Å². The van der Waals surface area contributed by atoms with Crippen molar-refractivity contribution in [3.63, 3.8) is 0 Å². The summed E-state index contributed by atoms with van der Waals surface area (Å²) >= 11 is 5.13. The van der Waals surface area contributed by atoms with Gasteiger partial charge in [-0.1, -0.05) is 30.4 Å². The molecule has 0 radical (unpaired) electrons. The van der Waals surface area contributed by atoms with E-state index >= 15 is 0 Å². The predicted molar refractivity (Wildman–Crippen MR) is 93.3 cm³/mol. The Hall–Kier alpha value is -2.55. The number of alkyl halides is 3. The number of halogens is 5. The molecule has 27 heavy (non-hydrogen) atoms. The molecule has 1 amide bonds. The normalized spacial score (nSPS) is 19.7. The van der Waals surface area contributed by atoms with Crippen LogP contribution < -0.4 is 10.6 Å². The third kappa shape index (κ3) is 3.92. The lowest BCUT2D eigenvalue weighted by Gasteiger charge is -2.19. The van der Waals surface area contributed by atoms with E-state index in [0.29, 0.717) is 5.56 Å². The summed E-state index contributed by atoms with van der Waals surface area (Å²) < 4.78 is 65.2. The number of anilines is 1. The van der Waals surface area contributed by atoms with Crippen molar-refractivity contribution in [3.05, 3.63) is 65.2 Å². The summed E-state index contributed by atoms with van der Waals surface area (Å²) in [5.74, 6) is -4.43. The second kappa shape index (κ2) is 7.22. The maximum atomic E-state index is 13.8. The lowest BCUT2D eigenvalue weighted by atomic mass is 9.87. The van der Waals surface area contributed by atoms with Gasteiger partial charge in [0.2, 0.25) is 5.91 Å². The Kier molecular flexibility index (Phi) is 5.14. The Bertz CT molecular complexity index is 882. The van der Waals surface area contributed by atoms with E-state index in [4.69, 9.17) is 12.2 Å². The van der Waals surface area contributed by atoms with Gasteiger partial charge in [-0.3, -0.25) is 4.79 Å². The van der Waals surface area contributed by atoms with Gasteiger partial charge >= 0.3 is 6.18 Å². The first-order valence-electron chi connectivity index (χ1n) is 7.88. The molecule has 0 aromatic heterocycles. The molecule has 2 aromatic rings. The van der Waals surface area contributed by atoms with Gasteiger partial charge in [-0.15, -0.1) is 0 Å². The predicted octanol–water partition coefficient (Wildman–Crippen LogP) is 4.25. The minimum Gasteiger partial charge on any atom is -0.378 e. The van der Waals surface area contributed by atoms with Crippen LogP contribution in [-0.4, -0.2) is 17.4 Å². The molecular weight excluding hydrogens is 387 g/mol. The molecule has 2 unspecified atom stereocenters. The number of benzene rings is 2. The van der Waals surface area contributed by atoms with Crippen molar-refractivity contribution in [2.24, 2.45) is 5.92 Å². The van der Waals surface area contributed by atoms with Gasteiger partial charge < -0.3 is 10.6 Å². The monoisotopic (exact) mass is 400 g/mol. The largest absolute Gasteiger partial charge is 0.416 e. The molecule has 2 atom stereocenters. The van der Waals surface area contributed by atoms with Crippen molar-refractivity contribution in [1.82, 2.24) is 5.32 Å². The number of hydrogen-bond donors (Lipinski definition) is 2. The fourth-order valence-corrected chi connectivity index (χ4v) is 3.32. The number of carbonyl (C=O) groups is 1. The highest BCUT2D eigenvalue weighted by atomic mass is 32.1. The van der Waals surface area contributed by atoms with Gasteiger partial charge in [0.05, 0.1) is 22.2 Å². The van der Waals surface area contributed by atoms with Crippen molar-refractivity contribution < 1.29 is 26.7 Å². The molecule has 1 fully saturated rings. The quantitative estimate of drug-likeness (QED) is 0.598. The maximum Gasteiger partial charge on any atom is 0.416 e. The summed E-state index contributed by atoms with van der Waals surface area (Å²) in [6.07, 6.45) is -4.46. The average molecular weight is 400 g/mol. The van der Waals surface area contributed by atoms with Crippen molar-refractivity contribution in [2.45, 2.75) is 12.1 Å². The van der Waals surface area contributed by atoms with Crippen LogP contribution in [0.15, 0.2) is 42.5 Å². The van der Waals surface area contributed by atoms with Crippen molar-refractivity contribution in [2.75, 3.05) is 11.9 Å². The molecule has 1 aliphatic rings. The second-order valence-corrected chi connectivity index (χ2v) is 6.48. The van der Waals surface area contributed by atoms with E-state index in [1.807, 2.05) is 0 Å². The van der Waals surface area contributed by atoms with Crippen LogP contribution >= 0.6 is 12.2 Å². The molecule has 0 bridgehead atoms. The van der Waals surface area contributed by atoms with Crippen LogP contribution in [-0.2, 0) is 11.0 Å². The summed E-state index contributed by atoms with van der Waals surface area (Å²) in [5, 5.41) is 5.13. The Labute approximate surface area is 156 Å². The second-order valence-electron chi connectivity index (χ2n) is 6.04. The lowest BCUT2D eigenvalue weighted by Crippen LogP contribution is -2.31. The summed E-state index contributed by atoms with van der Waals surface area (Å²) in [7, 11) is 0. The molecular formula is C18H13F5N2OS. The molecule has 1 saturated heterocycles. The molecule has 142 valence electrons. The van der Waals surface area contributed by atoms with E-state index in [2.05, 4.69) is 10.6 Å². The number of carbonyl (C=O) groups excluding carboxylic acids is 1. The van der Waals surface area contributed by atoms with Gasteiger partial charge in [0, 0.05) is 12.5 Å². The van der Waals surface area contributed by atoms with Gasteiger partial charge in [-0.2, -0.15) is 13.2 Å². The number of rotatable bonds is 3. The SMILES string of the molecule is O=C(Nc1cccc(F)c1F)C1C(=S)NCC1c1ccc(C(F)(F)F)cc1. The molecule has 1 heterocycles. The van der Waals surface area contributed by atoms with E-state index < -0.39 is 41.1 Å². The lowest BCUT2D eigenvalue weighted by molar-refractivity contribution is -0.137. The first-order chi connectivity index (χ1) is 12.7. The minimum absolute atomic E-state index is 0.189. The van der Waals surface area contributed by atoms with Crippen LogP contribution in [0.2, 0.25) is 0 Å². The Morgan fingerprint density at radius 2 is 1.78 bits per heavy atom. The molecule has 0 aliphatic carbocycles. The topological polar surface area (TPSA) is 41.1 Å². The van der Waals surface area contributed by atoms with Crippen LogP contribution in [0.3, 0.4) is 0 Å². The van der Waals surface area contributed by atoms with E-state index in [9.17, 15) is 26.7 Å². The van der Waals surface area contributed by atoms with E-state index in [0.717, 1.165) is 18.2 Å². The third-order valence-electron chi connectivity index (χ3n) is 4.34. The van der Waals surface area contributed by atoms with E-state index in [1.54, 1.807) is 0 Å². The van der Waals surface area contributed by atoms with Crippen LogP contribution in [0.1, 0.15) is 17.0 Å². The highest BCUT2D eigenvalue weighted by Crippen LogP contribution is 2.34. The van der Waals surface area contributed by atoms with Gasteiger partial charge in [0.1, 0.15) is 0 Å².